The lowest BCUT2D eigenvalue weighted by atomic mass is 10.1. The second kappa shape index (κ2) is 3.97. The summed E-state index contributed by atoms with van der Waals surface area (Å²) in [5.41, 5.74) is 6.69. The van der Waals surface area contributed by atoms with Gasteiger partial charge in [-0.05, 0) is 23.3 Å². The van der Waals surface area contributed by atoms with Crippen LogP contribution in [0, 0.1) is 0 Å². The molecule has 0 bridgehead atoms. The largest absolute Gasteiger partial charge is 0.465 e. The van der Waals surface area contributed by atoms with E-state index >= 15 is 0 Å². The maximum Gasteiger partial charge on any atom is 0.349 e. The smallest absolute Gasteiger partial charge is 0.349 e. The zero-order valence-electron chi connectivity index (χ0n) is 9.14. The van der Waals surface area contributed by atoms with Crippen molar-refractivity contribution in [3.05, 3.63) is 34.2 Å². The molecule has 1 aromatic carbocycles. The van der Waals surface area contributed by atoms with E-state index < -0.39 is 15.8 Å². The van der Waals surface area contributed by atoms with Crippen LogP contribution in [0.15, 0.2) is 28.0 Å². The Morgan fingerprint density at radius 3 is 2.71 bits per heavy atom. The number of rotatable bonds is 2. The van der Waals surface area contributed by atoms with Gasteiger partial charge >= 0.3 is 5.97 Å². The van der Waals surface area contributed by atoms with Gasteiger partial charge in [-0.1, -0.05) is 12.1 Å². The van der Waals surface area contributed by atoms with Gasteiger partial charge in [0.05, 0.1) is 12.0 Å². The average Bonchev–Trinajstić information content (AvgIpc) is 2.60. The van der Waals surface area contributed by atoms with Gasteiger partial charge in [0.2, 0.25) is 9.84 Å². The van der Waals surface area contributed by atoms with Gasteiger partial charge < -0.3 is 10.5 Å². The number of nitrogens with two attached hydrogens (primary N) is 1. The highest BCUT2D eigenvalue weighted by Crippen LogP contribution is 2.35. The van der Waals surface area contributed by atoms with Gasteiger partial charge in [0.25, 0.3) is 0 Å². The van der Waals surface area contributed by atoms with Crippen LogP contribution in [0.4, 0.5) is 0 Å². The molecule has 6 heteroatoms. The second-order valence-corrected chi connectivity index (χ2v) is 5.42. The normalized spacial score (nSPS) is 16.2. The van der Waals surface area contributed by atoms with Crippen molar-refractivity contribution in [3.63, 3.8) is 0 Å². The number of fused-ring (bicyclic) bond motifs is 1. The molecule has 1 aliphatic heterocycles. The lowest BCUT2D eigenvalue weighted by molar-refractivity contribution is -0.135. The van der Waals surface area contributed by atoms with E-state index in [1.807, 2.05) is 0 Å². The van der Waals surface area contributed by atoms with E-state index in [1.165, 1.54) is 12.1 Å². The van der Waals surface area contributed by atoms with Crippen molar-refractivity contribution in [2.45, 2.75) is 11.4 Å². The SMILES string of the molecule is COC(=O)C1=Cc2c(CN)cccc2S1(=O)=O. The highest BCUT2D eigenvalue weighted by Gasteiger charge is 2.35. The minimum absolute atomic E-state index is 0.112. The molecule has 17 heavy (non-hydrogen) atoms. The third kappa shape index (κ3) is 1.65. The molecule has 1 heterocycles. The molecular weight excluding hydrogens is 242 g/mol. The maximum absolute atomic E-state index is 12.0. The first-order valence-electron chi connectivity index (χ1n) is 4.89. The molecule has 0 aromatic heterocycles. The van der Waals surface area contributed by atoms with Crippen LogP contribution >= 0.6 is 0 Å². The van der Waals surface area contributed by atoms with E-state index in [-0.39, 0.29) is 16.3 Å². The third-order valence-electron chi connectivity index (χ3n) is 2.62. The summed E-state index contributed by atoms with van der Waals surface area (Å²) >= 11 is 0. The minimum Gasteiger partial charge on any atom is -0.465 e. The molecular formula is C11H11NO4S. The van der Waals surface area contributed by atoms with Crippen LogP contribution in [0.1, 0.15) is 11.1 Å². The molecule has 5 nitrogen and oxygen atoms in total. The molecule has 1 aromatic rings. The van der Waals surface area contributed by atoms with Crippen LogP contribution in [-0.2, 0) is 25.9 Å². The van der Waals surface area contributed by atoms with Gasteiger partial charge in [0, 0.05) is 6.54 Å². The summed E-state index contributed by atoms with van der Waals surface area (Å²) in [5, 5.41) is 0. The van der Waals surface area contributed by atoms with Crippen LogP contribution < -0.4 is 5.73 Å². The van der Waals surface area contributed by atoms with E-state index in [2.05, 4.69) is 4.74 Å². The van der Waals surface area contributed by atoms with E-state index in [0.29, 0.717) is 11.1 Å². The van der Waals surface area contributed by atoms with Gasteiger partial charge in [0.1, 0.15) is 0 Å². The lowest BCUT2D eigenvalue weighted by Gasteiger charge is -2.04. The number of hydrogen-bond donors (Lipinski definition) is 1. The highest BCUT2D eigenvalue weighted by molar-refractivity contribution is 7.96. The van der Waals surface area contributed by atoms with E-state index in [0.717, 1.165) is 7.11 Å². The molecule has 0 spiro atoms. The summed E-state index contributed by atoms with van der Waals surface area (Å²) < 4.78 is 28.5. The standard InChI is InChI=1S/C11H11NO4S/c1-16-11(13)10-5-8-7(6-12)3-2-4-9(8)17(10,14)15/h2-5H,6,12H2,1H3. The number of hydrogen-bond acceptors (Lipinski definition) is 5. The summed E-state index contributed by atoms with van der Waals surface area (Å²) in [6, 6.07) is 4.79. The summed E-state index contributed by atoms with van der Waals surface area (Å²) in [5.74, 6) is -0.857. The first-order chi connectivity index (χ1) is 8.02. The predicted octanol–water partition coefficient (Wildman–Crippen LogP) is 0.447. The maximum atomic E-state index is 12.0. The van der Waals surface area contributed by atoms with Crippen LogP contribution in [0.25, 0.3) is 6.08 Å². The molecule has 0 unspecified atom stereocenters. The molecule has 0 saturated carbocycles. The van der Waals surface area contributed by atoms with E-state index in [4.69, 9.17) is 5.73 Å². The molecule has 2 N–H and O–H groups in total. The zero-order chi connectivity index (χ0) is 12.6. The molecule has 1 aliphatic rings. The Morgan fingerprint density at radius 1 is 1.41 bits per heavy atom. The van der Waals surface area contributed by atoms with Crippen LogP contribution in [-0.4, -0.2) is 21.5 Å². The van der Waals surface area contributed by atoms with E-state index in [9.17, 15) is 13.2 Å². The number of carbonyl (C=O) groups is 1. The quantitative estimate of drug-likeness (QED) is 0.773. The summed E-state index contributed by atoms with van der Waals surface area (Å²) in [4.78, 5) is 11.2. The Hall–Kier alpha value is -1.66. The van der Waals surface area contributed by atoms with Crippen molar-refractivity contribution < 1.29 is 17.9 Å². The second-order valence-electron chi connectivity index (χ2n) is 3.54. The molecule has 0 fully saturated rings. The molecule has 2 rings (SSSR count). The number of esters is 1. The summed E-state index contributed by atoms with van der Waals surface area (Å²) in [6.45, 7) is 0.212. The number of ether oxygens (including phenoxy) is 1. The fourth-order valence-corrected chi connectivity index (χ4v) is 3.31. The highest BCUT2D eigenvalue weighted by atomic mass is 32.2. The van der Waals surface area contributed by atoms with Gasteiger partial charge in [-0.25, -0.2) is 13.2 Å². The van der Waals surface area contributed by atoms with Gasteiger partial charge in [-0.3, -0.25) is 0 Å². The van der Waals surface area contributed by atoms with Crippen LogP contribution in [0.2, 0.25) is 0 Å². The van der Waals surface area contributed by atoms with Gasteiger partial charge in [0.15, 0.2) is 4.91 Å². The Kier molecular flexibility index (Phi) is 2.76. The lowest BCUT2D eigenvalue weighted by Crippen LogP contribution is -2.11. The fraction of sp³-hybridized carbons (Fsp3) is 0.182. The van der Waals surface area contributed by atoms with Crippen molar-refractivity contribution in [3.8, 4) is 0 Å². The van der Waals surface area contributed by atoms with Crippen molar-refractivity contribution in [1.82, 2.24) is 0 Å². The molecule has 0 atom stereocenters. The topological polar surface area (TPSA) is 86.5 Å². The molecule has 0 radical (unpaired) electrons. The van der Waals surface area contributed by atoms with Crippen molar-refractivity contribution >= 4 is 21.9 Å². The average molecular weight is 253 g/mol. The molecule has 0 saturated heterocycles. The van der Waals surface area contributed by atoms with E-state index in [1.54, 1.807) is 12.1 Å². The van der Waals surface area contributed by atoms with Gasteiger partial charge in [-0.2, -0.15) is 0 Å². The van der Waals surface area contributed by atoms with Crippen molar-refractivity contribution in [2.75, 3.05) is 7.11 Å². The third-order valence-corrected chi connectivity index (χ3v) is 4.42. The number of benzene rings is 1. The fourth-order valence-electron chi connectivity index (χ4n) is 1.76. The Morgan fingerprint density at radius 2 is 2.12 bits per heavy atom. The number of carbonyl (C=O) groups excluding carboxylic acids is 1. The summed E-state index contributed by atoms with van der Waals surface area (Å²) in [6.07, 6.45) is 1.32. The molecule has 90 valence electrons. The molecule has 0 amide bonds. The number of sulfone groups is 1. The zero-order valence-corrected chi connectivity index (χ0v) is 9.95. The predicted molar refractivity (Wildman–Crippen MR) is 61.5 cm³/mol. The van der Waals surface area contributed by atoms with Crippen molar-refractivity contribution in [2.24, 2.45) is 5.73 Å². The van der Waals surface area contributed by atoms with Gasteiger partial charge in [-0.15, -0.1) is 0 Å². The monoisotopic (exact) mass is 253 g/mol. The first kappa shape index (κ1) is 11.8. The van der Waals surface area contributed by atoms with Crippen LogP contribution in [0.3, 0.4) is 0 Å². The Bertz CT molecular complexity index is 616. The minimum atomic E-state index is -3.76. The van der Waals surface area contributed by atoms with Crippen LogP contribution in [0.5, 0.6) is 0 Å². The first-order valence-corrected chi connectivity index (χ1v) is 6.37. The summed E-state index contributed by atoms with van der Waals surface area (Å²) in [7, 11) is -2.61. The van der Waals surface area contributed by atoms with Crippen molar-refractivity contribution in [1.29, 1.82) is 0 Å². The molecule has 0 aliphatic carbocycles. The Balaban J connectivity index is 2.69. The Labute approximate surface area is 98.8 Å². The number of methoxy groups -OCH3 is 1.